The lowest BCUT2D eigenvalue weighted by atomic mass is 10.0. The molecule has 2 rings (SSSR count). The molecule has 0 bridgehead atoms. The van der Waals surface area contributed by atoms with E-state index in [1.165, 1.54) is 12.1 Å². The highest BCUT2D eigenvalue weighted by Crippen LogP contribution is 2.40. The summed E-state index contributed by atoms with van der Waals surface area (Å²) in [6.07, 6.45) is -8.89. The molecule has 0 amide bonds. The minimum absolute atomic E-state index is 0.252. The molecule has 0 radical (unpaired) electrons. The zero-order chi connectivity index (χ0) is 16.5. The van der Waals surface area contributed by atoms with Crippen molar-refractivity contribution >= 4 is 0 Å². The molecule has 1 aromatic carbocycles. The SMILES string of the molecule is COc1cc(-c2ccccc2C(F)(F)F)ncc1C(F)(F)F. The molecule has 2 nitrogen and oxygen atoms in total. The van der Waals surface area contributed by atoms with Crippen LogP contribution < -0.4 is 4.74 Å². The average Bonchev–Trinajstić information content (AvgIpc) is 2.44. The van der Waals surface area contributed by atoms with Gasteiger partial charge in [-0.05, 0) is 6.07 Å². The van der Waals surface area contributed by atoms with E-state index in [9.17, 15) is 26.3 Å². The van der Waals surface area contributed by atoms with Gasteiger partial charge in [-0.3, -0.25) is 4.98 Å². The van der Waals surface area contributed by atoms with Gasteiger partial charge in [-0.15, -0.1) is 0 Å². The van der Waals surface area contributed by atoms with E-state index in [-0.39, 0.29) is 11.3 Å². The smallest absolute Gasteiger partial charge is 0.421 e. The zero-order valence-corrected chi connectivity index (χ0v) is 11.1. The maximum absolute atomic E-state index is 12.9. The summed E-state index contributed by atoms with van der Waals surface area (Å²) in [4.78, 5) is 3.50. The van der Waals surface area contributed by atoms with E-state index in [0.29, 0.717) is 6.20 Å². The molecule has 0 unspecified atom stereocenters. The van der Waals surface area contributed by atoms with E-state index >= 15 is 0 Å². The van der Waals surface area contributed by atoms with Crippen molar-refractivity contribution in [1.82, 2.24) is 4.98 Å². The minimum atomic E-state index is -4.71. The topological polar surface area (TPSA) is 22.1 Å². The number of benzene rings is 1. The Morgan fingerprint density at radius 1 is 0.909 bits per heavy atom. The molecule has 2 aromatic rings. The lowest BCUT2D eigenvalue weighted by Crippen LogP contribution is -2.10. The Balaban J connectivity index is 2.61. The van der Waals surface area contributed by atoms with Crippen molar-refractivity contribution in [1.29, 1.82) is 0 Å². The second-order valence-electron chi connectivity index (χ2n) is 4.31. The molecular formula is C14H9F6NO. The van der Waals surface area contributed by atoms with Crippen molar-refractivity contribution in [2.45, 2.75) is 12.4 Å². The number of halogens is 6. The molecule has 0 aliphatic carbocycles. The summed E-state index contributed by atoms with van der Waals surface area (Å²) in [5, 5.41) is 0. The summed E-state index contributed by atoms with van der Waals surface area (Å²) < 4.78 is 81.7. The van der Waals surface area contributed by atoms with E-state index in [1.807, 2.05) is 0 Å². The fourth-order valence-electron chi connectivity index (χ4n) is 1.92. The predicted octanol–water partition coefficient (Wildman–Crippen LogP) is 4.79. The van der Waals surface area contributed by atoms with Crippen molar-refractivity contribution in [2.75, 3.05) is 7.11 Å². The van der Waals surface area contributed by atoms with Gasteiger partial charge in [-0.25, -0.2) is 0 Å². The number of aromatic nitrogens is 1. The lowest BCUT2D eigenvalue weighted by molar-refractivity contribution is -0.139. The van der Waals surface area contributed by atoms with Crippen LogP contribution in [0.2, 0.25) is 0 Å². The monoisotopic (exact) mass is 321 g/mol. The maximum Gasteiger partial charge on any atom is 0.421 e. The molecule has 1 heterocycles. The second-order valence-corrected chi connectivity index (χ2v) is 4.31. The van der Waals surface area contributed by atoms with Crippen molar-refractivity contribution in [3.8, 4) is 17.0 Å². The number of alkyl halides is 6. The van der Waals surface area contributed by atoms with Gasteiger partial charge in [-0.2, -0.15) is 26.3 Å². The van der Waals surface area contributed by atoms with Gasteiger partial charge in [0.25, 0.3) is 0 Å². The highest BCUT2D eigenvalue weighted by molar-refractivity contribution is 5.66. The first-order valence-corrected chi connectivity index (χ1v) is 5.92. The third-order valence-corrected chi connectivity index (χ3v) is 2.90. The number of methoxy groups -OCH3 is 1. The first-order valence-electron chi connectivity index (χ1n) is 5.92. The molecule has 22 heavy (non-hydrogen) atoms. The largest absolute Gasteiger partial charge is 0.496 e. The summed E-state index contributed by atoms with van der Waals surface area (Å²) in [5.41, 5.74) is -2.70. The molecule has 118 valence electrons. The van der Waals surface area contributed by atoms with Crippen LogP contribution in [0, 0.1) is 0 Å². The van der Waals surface area contributed by atoms with E-state index < -0.39 is 29.2 Å². The molecule has 0 saturated carbocycles. The summed E-state index contributed by atoms with van der Waals surface area (Å²) in [7, 11) is 1.00. The summed E-state index contributed by atoms with van der Waals surface area (Å²) in [6, 6.07) is 5.34. The van der Waals surface area contributed by atoms with E-state index in [4.69, 9.17) is 0 Å². The Labute approximate surface area is 121 Å². The van der Waals surface area contributed by atoms with Gasteiger partial charge in [0.15, 0.2) is 0 Å². The molecule has 0 spiro atoms. The third-order valence-electron chi connectivity index (χ3n) is 2.90. The van der Waals surface area contributed by atoms with Crippen molar-refractivity contribution in [2.24, 2.45) is 0 Å². The first kappa shape index (κ1) is 16.1. The van der Waals surface area contributed by atoms with Crippen LogP contribution in [0.4, 0.5) is 26.3 Å². The van der Waals surface area contributed by atoms with Crippen LogP contribution in [-0.2, 0) is 12.4 Å². The second kappa shape index (κ2) is 5.51. The van der Waals surface area contributed by atoms with Gasteiger partial charge in [0.2, 0.25) is 0 Å². The number of pyridine rings is 1. The Kier molecular flexibility index (Phi) is 4.04. The molecule has 1 aromatic heterocycles. The van der Waals surface area contributed by atoms with E-state index in [0.717, 1.165) is 25.3 Å². The quantitative estimate of drug-likeness (QED) is 0.742. The maximum atomic E-state index is 12.9. The molecule has 0 saturated heterocycles. The first-order chi connectivity index (χ1) is 10.1. The number of ether oxygens (including phenoxy) is 1. The molecule has 0 aliphatic rings. The van der Waals surface area contributed by atoms with Gasteiger partial charge < -0.3 is 4.74 Å². The summed E-state index contributed by atoms with van der Waals surface area (Å²) >= 11 is 0. The Hall–Kier alpha value is -2.25. The van der Waals surface area contributed by atoms with Crippen molar-refractivity contribution in [3.63, 3.8) is 0 Å². The highest BCUT2D eigenvalue weighted by atomic mass is 19.4. The van der Waals surface area contributed by atoms with Crippen LogP contribution >= 0.6 is 0 Å². The third kappa shape index (κ3) is 3.15. The number of rotatable bonds is 2. The van der Waals surface area contributed by atoms with Gasteiger partial charge in [0.1, 0.15) is 11.3 Å². The summed E-state index contributed by atoms with van der Waals surface area (Å²) in [6.45, 7) is 0. The number of nitrogens with zero attached hydrogens (tertiary/aromatic N) is 1. The van der Waals surface area contributed by atoms with Crippen molar-refractivity contribution in [3.05, 3.63) is 47.7 Å². The van der Waals surface area contributed by atoms with Crippen LogP contribution in [0.25, 0.3) is 11.3 Å². The molecule has 0 N–H and O–H groups in total. The number of hydrogen-bond donors (Lipinski definition) is 0. The minimum Gasteiger partial charge on any atom is -0.496 e. The predicted molar refractivity (Wildman–Crippen MR) is 66.2 cm³/mol. The molecular weight excluding hydrogens is 312 g/mol. The van der Waals surface area contributed by atoms with Crippen molar-refractivity contribution < 1.29 is 31.1 Å². The lowest BCUT2D eigenvalue weighted by Gasteiger charge is -2.15. The van der Waals surface area contributed by atoms with Crippen LogP contribution in [0.1, 0.15) is 11.1 Å². The number of hydrogen-bond acceptors (Lipinski definition) is 2. The van der Waals surface area contributed by atoms with Gasteiger partial charge >= 0.3 is 12.4 Å². The Bertz CT molecular complexity index is 678. The highest BCUT2D eigenvalue weighted by Gasteiger charge is 2.36. The Morgan fingerprint density at radius 2 is 1.50 bits per heavy atom. The molecule has 0 aliphatic heterocycles. The molecule has 0 atom stereocenters. The zero-order valence-electron chi connectivity index (χ0n) is 11.1. The standard InChI is InChI=1S/C14H9F6NO/c1-22-12-6-11(21-7-10(12)14(18,19)20)8-4-2-3-5-9(8)13(15,16)17/h2-7H,1H3. The van der Waals surface area contributed by atoms with E-state index in [2.05, 4.69) is 9.72 Å². The van der Waals surface area contributed by atoms with Crippen LogP contribution in [0.5, 0.6) is 5.75 Å². The van der Waals surface area contributed by atoms with Gasteiger partial charge in [0, 0.05) is 17.8 Å². The Morgan fingerprint density at radius 3 is 2.05 bits per heavy atom. The summed E-state index contributed by atoms with van der Waals surface area (Å²) in [5.74, 6) is -0.588. The normalized spacial score (nSPS) is 12.3. The van der Waals surface area contributed by atoms with Crippen LogP contribution in [0.3, 0.4) is 0 Å². The molecule has 0 fully saturated rings. The van der Waals surface area contributed by atoms with Gasteiger partial charge in [-0.1, -0.05) is 18.2 Å². The fourth-order valence-corrected chi connectivity index (χ4v) is 1.92. The van der Waals surface area contributed by atoms with Crippen LogP contribution in [0.15, 0.2) is 36.5 Å². The molecule has 8 heteroatoms. The van der Waals surface area contributed by atoms with E-state index in [1.54, 1.807) is 0 Å². The fraction of sp³-hybridized carbons (Fsp3) is 0.214. The van der Waals surface area contributed by atoms with Crippen LogP contribution in [-0.4, -0.2) is 12.1 Å². The average molecular weight is 321 g/mol. The van der Waals surface area contributed by atoms with Gasteiger partial charge in [0.05, 0.1) is 18.4 Å².